The van der Waals surface area contributed by atoms with Crippen molar-refractivity contribution in [2.24, 2.45) is 11.0 Å². The Labute approximate surface area is 361 Å². The summed E-state index contributed by atoms with van der Waals surface area (Å²) in [7, 11) is -2.24. The molecular weight excluding hydrogens is 821 g/mol. The zero-order chi connectivity index (χ0) is 44.0. The third kappa shape index (κ3) is 10.9. The van der Waals surface area contributed by atoms with Gasteiger partial charge in [-0.25, -0.2) is 33.6 Å². The van der Waals surface area contributed by atoms with Gasteiger partial charge < -0.3 is 19.7 Å². The minimum atomic E-state index is -1.14. The van der Waals surface area contributed by atoms with Crippen LogP contribution in [0.5, 0.6) is 0 Å². The molecule has 16 nitrogen and oxygen atoms in total. The maximum Gasteiger partial charge on any atom is 0.335 e. The quantitative estimate of drug-likeness (QED) is 0.0554. The molecule has 1 atom stereocenters. The Hall–Kier alpha value is -6.48. The molecule has 2 aliphatic rings. The van der Waals surface area contributed by atoms with Gasteiger partial charge in [-0.1, -0.05) is 68.3 Å². The van der Waals surface area contributed by atoms with E-state index < -0.39 is 28.1 Å². The first-order valence-corrected chi connectivity index (χ1v) is 27.7. The highest BCUT2D eigenvalue weighted by Gasteiger charge is 2.29. The summed E-state index contributed by atoms with van der Waals surface area (Å²) in [5.74, 6) is -0.984. The minimum Gasteiger partial charge on any atom is -0.478 e. The van der Waals surface area contributed by atoms with E-state index in [9.17, 15) is 19.8 Å². The molecular formula is C44H51N10O6Si2+. The maximum absolute atomic E-state index is 11.3. The molecule has 1 aromatic carbocycles. The van der Waals surface area contributed by atoms with Crippen molar-refractivity contribution in [3.63, 3.8) is 0 Å². The lowest BCUT2D eigenvalue weighted by atomic mass is 9.95. The Kier molecular flexibility index (Phi) is 13.1. The molecule has 320 valence electrons. The Morgan fingerprint density at radius 1 is 0.742 bits per heavy atom. The number of aromatic nitrogens is 8. The van der Waals surface area contributed by atoms with Gasteiger partial charge in [-0.15, -0.1) is 0 Å². The summed E-state index contributed by atoms with van der Waals surface area (Å²) in [6.45, 7) is 16.3. The molecule has 0 amide bonds. The van der Waals surface area contributed by atoms with Crippen molar-refractivity contribution in [3.8, 4) is 22.9 Å². The smallest absolute Gasteiger partial charge is 0.335 e. The van der Waals surface area contributed by atoms with Gasteiger partial charge in [0, 0.05) is 51.7 Å². The number of rotatable bonds is 16. The molecule has 6 aromatic rings. The molecule has 1 unspecified atom stereocenters. The summed E-state index contributed by atoms with van der Waals surface area (Å²) in [5, 5.41) is 37.4. The van der Waals surface area contributed by atoms with Crippen LogP contribution in [0.2, 0.25) is 51.4 Å². The van der Waals surface area contributed by atoms with Gasteiger partial charge in [0.25, 0.3) is 6.73 Å². The van der Waals surface area contributed by atoms with Crippen molar-refractivity contribution in [1.29, 1.82) is 0 Å². The van der Waals surface area contributed by atoms with Crippen LogP contribution in [-0.2, 0) is 16.2 Å². The number of allylic oxidation sites excluding steroid dienone is 4. The van der Waals surface area contributed by atoms with Crippen LogP contribution in [-0.4, -0.2) is 114 Å². The van der Waals surface area contributed by atoms with Gasteiger partial charge in [0.1, 0.15) is 18.4 Å². The molecule has 0 saturated carbocycles. The topological polar surface area (TPSA) is 188 Å². The number of aromatic carboxylic acids is 2. The fourth-order valence-electron chi connectivity index (χ4n) is 6.57. The molecule has 0 radical (unpaired) electrons. The second-order valence-corrected chi connectivity index (χ2v) is 28.6. The van der Waals surface area contributed by atoms with Crippen molar-refractivity contribution in [3.05, 3.63) is 121 Å². The highest BCUT2D eigenvalue weighted by atomic mass is 28.3. The van der Waals surface area contributed by atoms with Gasteiger partial charge in [0.2, 0.25) is 0 Å². The first kappa shape index (κ1) is 43.6. The van der Waals surface area contributed by atoms with Crippen molar-refractivity contribution < 1.29 is 34.0 Å². The minimum absolute atomic E-state index is 0.120. The summed E-state index contributed by atoms with van der Waals surface area (Å²) >= 11 is 0. The third-order valence-corrected chi connectivity index (χ3v) is 13.5. The number of carboxylic acids is 2. The lowest BCUT2D eigenvalue weighted by Gasteiger charge is -2.15. The van der Waals surface area contributed by atoms with Crippen LogP contribution in [0.4, 0.5) is 0 Å². The zero-order valence-electron chi connectivity index (χ0n) is 35.7. The van der Waals surface area contributed by atoms with Gasteiger partial charge in [0.15, 0.2) is 17.9 Å². The molecule has 2 N–H and O–H groups in total. The fourth-order valence-corrected chi connectivity index (χ4v) is 8.08. The van der Waals surface area contributed by atoms with E-state index in [4.69, 9.17) is 9.47 Å². The van der Waals surface area contributed by atoms with Crippen LogP contribution < -0.4 is 0 Å². The third-order valence-electron chi connectivity index (χ3n) is 10.1. The summed E-state index contributed by atoms with van der Waals surface area (Å²) in [6, 6.07) is 18.0. The van der Waals surface area contributed by atoms with Gasteiger partial charge in [-0.05, 0) is 65.7 Å². The van der Waals surface area contributed by atoms with Gasteiger partial charge in [0.05, 0.1) is 53.2 Å². The number of fused-ring (bicyclic) bond motifs is 2. The number of hydrogen-bond donors (Lipinski definition) is 2. The van der Waals surface area contributed by atoms with E-state index in [0.29, 0.717) is 25.1 Å². The van der Waals surface area contributed by atoms with E-state index in [0.717, 1.165) is 64.4 Å². The van der Waals surface area contributed by atoms with E-state index in [1.54, 1.807) is 21.8 Å². The van der Waals surface area contributed by atoms with E-state index in [-0.39, 0.29) is 17.0 Å². The van der Waals surface area contributed by atoms with Crippen molar-refractivity contribution in [1.82, 2.24) is 39.3 Å². The standard InChI is InChI=1S/2C22H25N5O3Si/c1-31(2,3)11-10-30-15-26-14-18-5-4-16(12-19(18)25-26)20-7-9-24-27(20)21-13-17(22(28)29)6-8-23-21;1-31(2,3)11-10-30-15-26-20-12-16(4-5-18(20)14-25-26)19-7-9-24-27(19)21-13-17(22(28)29)6-8-23-21/h4-9,12-14,18H,10-11,15H2,1-3H3;4-9,12-14H,10-11,15H2,1-3H3,(H,28,29)/p+1. The van der Waals surface area contributed by atoms with Gasteiger partial charge in [-0.2, -0.15) is 15.3 Å². The van der Waals surface area contributed by atoms with E-state index in [1.807, 2.05) is 58.0 Å². The normalized spacial score (nSPS) is 14.8. The van der Waals surface area contributed by atoms with Crippen LogP contribution in [0.3, 0.4) is 0 Å². The zero-order valence-corrected chi connectivity index (χ0v) is 37.7. The predicted octanol–water partition coefficient (Wildman–Crippen LogP) is 7.59. The average Bonchev–Trinajstić information content (AvgIpc) is 4.07. The number of nitrogens with zero attached hydrogens (tertiary/aromatic N) is 10. The Balaban J connectivity index is 0.000000186. The van der Waals surface area contributed by atoms with Crippen LogP contribution in [0.25, 0.3) is 39.4 Å². The largest absolute Gasteiger partial charge is 0.478 e. The van der Waals surface area contributed by atoms with Crippen LogP contribution >= 0.6 is 0 Å². The SMILES string of the molecule is C[Si](C)(C)CCOC[N+]1=CC2C=CC(c3ccnn3-c3cc(C(=O)O)ccn3)=CC2=N1.C[Si](C)(C)CCOCn1ncc2ccc(-c3ccnn3-c3cc(C(=O)O)ccn3)cc21. The van der Waals surface area contributed by atoms with Crippen LogP contribution in [0, 0.1) is 5.92 Å². The van der Waals surface area contributed by atoms with E-state index >= 15 is 0 Å². The average molecular weight is 872 g/mol. The van der Waals surface area contributed by atoms with E-state index in [2.05, 4.69) is 81.9 Å². The van der Waals surface area contributed by atoms with Crippen LogP contribution in [0.1, 0.15) is 26.4 Å². The Bertz CT molecular complexity index is 2720. The molecule has 1 aliphatic carbocycles. The summed E-state index contributed by atoms with van der Waals surface area (Å²) in [6.07, 6.45) is 16.3. The van der Waals surface area contributed by atoms with Gasteiger partial charge in [-0.3, -0.25) is 0 Å². The lowest BCUT2D eigenvalue weighted by Crippen LogP contribution is -2.22. The number of carboxylic acid groups (broad SMARTS) is 2. The molecule has 0 saturated heterocycles. The summed E-state index contributed by atoms with van der Waals surface area (Å²) < 4.78 is 18.7. The molecule has 5 aromatic heterocycles. The predicted molar refractivity (Wildman–Crippen MR) is 243 cm³/mol. The maximum atomic E-state index is 11.3. The molecule has 0 fully saturated rings. The highest BCUT2D eigenvalue weighted by Crippen LogP contribution is 2.28. The summed E-state index contributed by atoms with van der Waals surface area (Å²) in [5.41, 5.74) is 5.72. The fraction of sp³-hybridized carbons (Fsp3) is 0.295. The molecule has 8 rings (SSSR count). The molecule has 62 heavy (non-hydrogen) atoms. The molecule has 6 heterocycles. The Morgan fingerprint density at radius 3 is 1.98 bits per heavy atom. The first-order valence-electron chi connectivity index (χ1n) is 20.3. The Morgan fingerprint density at radius 2 is 1.35 bits per heavy atom. The van der Waals surface area contributed by atoms with Crippen LogP contribution in [0.15, 0.2) is 109 Å². The van der Waals surface area contributed by atoms with Crippen molar-refractivity contribution in [2.75, 3.05) is 19.9 Å². The first-order chi connectivity index (χ1) is 29.6. The number of carbonyl (C=O) groups is 2. The molecule has 0 bridgehead atoms. The highest BCUT2D eigenvalue weighted by molar-refractivity contribution is 6.76. The monoisotopic (exact) mass is 871 g/mol. The number of ether oxygens (including phenoxy) is 2. The van der Waals surface area contributed by atoms with E-state index in [1.165, 1.54) is 36.7 Å². The number of hydrogen-bond acceptors (Lipinski definition) is 10. The second-order valence-electron chi connectivity index (χ2n) is 17.4. The van der Waals surface area contributed by atoms with Crippen molar-refractivity contribution in [2.45, 2.75) is 58.1 Å². The van der Waals surface area contributed by atoms with Gasteiger partial charge >= 0.3 is 11.9 Å². The molecule has 18 heteroatoms. The lowest BCUT2D eigenvalue weighted by molar-refractivity contribution is -0.567. The summed E-state index contributed by atoms with van der Waals surface area (Å²) in [4.78, 5) is 31.2. The number of hydrazone groups is 1. The molecule has 1 aliphatic heterocycles. The molecule has 0 spiro atoms. The number of benzene rings is 1. The number of pyridine rings is 2. The van der Waals surface area contributed by atoms with Crippen molar-refractivity contribution >= 4 is 56.5 Å². The second kappa shape index (κ2) is 18.6.